The Morgan fingerprint density at radius 2 is 1.71 bits per heavy atom. The summed E-state index contributed by atoms with van der Waals surface area (Å²) in [5.41, 5.74) is 0.410. The predicted molar refractivity (Wildman–Crippen MR) is 55.4 cm³/mol. The molecule has 0 aliphatic rings. The average Bonchev–Trinajstić information content (AvgIpc) is 2.20. The molecule has 2 N–H and O–H groups in total. The number of aliphatic hydroxyl groups is 1. The van der Waals surface area contributed by atoms with E-state index in [0.29, 0.717) is 5.56 Å². The van der Waals surface area contributed by atoms with Crippen LogP contribution < -0.4 is 0 Å². The van der Waals surface area contributed by atoms with Gasteiger partial charge in [0.15, 0.2) is 5.78 Å². The first-order valence-corrected chi connectivity index (χ1v) is 4.40. The molecule has 3 nitrogen and oxygen atoms in total. The summed E-state index contributed by atoms with van der Waals surface area (Å²) in [6.07, 6.45) is 0. The molecule has 1 aromatic carbocycles. The first-order valence-electron chi connectivity index (χ1n) is 4.40. The lowest BCUT2D eigenvalue weighted by atomic mass is 10.0. The first-order chi connectivity index (χ1) is 6.63. The number of Topliss-reactive ketones (excluding diaryl/α,β-unsaturated/α-hetero) is 1. The van der Waals surface area contributed by atoms with Gasteiger partial charge in [0.2, 0.25) is 0 Å². The van der Waals surface area contributed by atoms with Crippen molar-refractivity contribution in [1.29, 1.82) is 0 Å². The number of hydrogen-bond acceptors (Lipinski definition) is 3. The Labute approximate surface area is 84.0 Å². The fourth-order valence-electron chi connectivity index (χ4n) is 0.993. The van der Waals surface area contributed by atoms with Gasteiger partial charge >= 0.3 is 0 Å². The summed E-state index contributed by atoms with van der Waals surface area (Å²) in [6.45, 7) is 3.63. The lowest BCUT2D eigenvalue weighted by Crippen LogP contribution is -2.07. The molecule has 1 aromatic rings. The van der Waals surface area contributed by atoms with Gasteiger partial charge in [-0.25, -0.2) is 0 Å². The summed E-state index contributed by atoms with van der Waals surface area (Å²) in [5.74, 6) is -0.0254. The fourth-order valence-corrected chi connectivity index (χ4v) is 0.993. The average molecular weight is 196 g/mol. The normalized spacial score (nSPS) is 9.21. The summed E-state index contributed by atoms with van der Waals surface area (Å²) in [7, 11) is 1.00. The van der Waals surface area contributed by atoms with Crippen LogP contribution in [0.15, 0.2) is 24.3 Å². The summed E-state index contributed by atoms with van der Waals surface area (Å²) in [4.78, 5) is 11.4. The smallest absolute Gasteiger partial charge is 0.169 e. The summed E-state index contributed by atoms with van der Waals surface area (Å²) in [6, 6.07) is 6.61. The van der Waals surface area contributed by atoms with Crippen LogP contribution in [-0.2, 0) is 0 Å². The Morgan fingerprint density at radius 1 is 1.21 bits per heavy atom. The third-order valence-electron chi connectivity index (χ3n) is 1.69. The van der Waals surface area contributed by atoms with Crippen LogP contribution >= 0.6 is 0 Å². The van der Waals surface area contributed by atoms with E-state index in [1.165, 1.54) is 6.07 Å². The van der Waals surface area contributed by atoms with Gasteiger partial charge in [0.05, 0.1) is 5.56 Å². The van der Waals surface area contributed by atoms with Gasteiger partial charge in [0.1, 0.15) is 5.75 Å². The number of para-hydroxylation sites is 1. The van der Waals surface area contributed by atoms with Crippen molar-refractivity contribution >= 4 is 5.78 Å². The van der Waals surface area contributed by atoms with E-state index >= 15 is 0 Å². The van der Waals surface area contributed by atoms with Crippen LogP contribution in [0.4, 0.5) is 0 Å². The van der Waals surface area contributed by atoms with Crippen LogP contribution in [0.25, 0.3) is 0 Å². The third-order valence-corrected chi connectivity index (χ3v) is 1.69. The maximum absolute atomic E-state index is 11.4. The highest BCUT2D eigenvalue weighted by atomic mass is 16.3. The standard InChI is InChI=1S/C10H12O2.CH4O/c1-7(2)10(12)8-5-3-4-6-9(8)11;1-2/h3-7,11H,1-2H3;2H,1H3. The predicted octanol–water partition coefficient (Wildman–Crippen LogP) is 1.84. The van der Waals surface area contributed by atoms with Crippen molar-refractivity contribution in [1.82, 2.24) is 0 Å². The Kier molecular flexibility index (Phi) is 5.56. The molecule has 0 amide bonds. The quantitative estimate of drug-likeness (QED) is 0.709. The zero-order chi connectivity index (χ0) is 11.1. The van der Waals surface area contributed by atoms with Crippen LogP contribution in [0, 0.1) is 5.92 Å². The van der Waals surface area contributed by atoms with E-state index in [1.807, 2.05) is 13.8 Å². The molecular formula is C11H16O3. The number of rotatable bonds is 2. The second-order valence-electron chi connectivity index (χ2n) is 3.04. The Balaban J connectivity index is 0.000000791. The molecule has 0 saturated heterocycles. The molecule has 0 aliphatic carbocycles. The monoisotopic (exact) mass is 196 g/mol. The number of phenolic OH excluding ortho intramolecular Hbond substituents is 1. The van der Waals surface area contributed by atoms with Gasteiger partial charge in [-0.15, -0.1) is 0 Å². The van der Waals surface area contributed by atoms with Gasteiger partial charge < -0.3 is 10.2 Å². The second-order valence-corrected chi connectivity index (χ2v) is 3.04. The Hall–Kier alpha value is -1.35. The molecule has 0 saturated carbocycles. The molecule has 0 atom stereocenters. The number of carbonyl (C=O) groups excluding carboxylic acids is 1. The van der Waals surface area contributed by atoms with Gasteiger partial charge in [0, 0.05) is 13.0 Å². The van der Waals surface area contributed by atoms with E-state index in [0.717, 1.165) is 7.11 Å². The Bertz CT molecular complexity index is 292. The first kappa shape index (κ1) is 12.7. The molecule has 0 aromatic heterocycles. The van der Waals surface area contributed by atoms with Crippen LogP contribution in [0.5, 0.6) is 5.75 Å². The topological polar surface area (TPSA) is 57.5 Å². The van der Waals surface area contributed by atoms with Crippen molar-refractivity contribution in [3.05, 3.63) is 29.8 Å². The molecule has 0 unspecified atom stereocenters. The third kappa shape index (κ3) is 3.18. The highest BCUT2D eigenvalue weighted by molar-refractivity contribution is 5.99. The second kappa shape index (κ2) is 6.16. The number of aromatic hydroxyl groups is 1. The maximum Gasteiger partial charge on any atom is 0.169 e. The van der Waals surface area contributed by atoms with E-state index < -0.39 is 0 Å². The van der Waals surface area contributed by atoms with Crippen LogP contribution in [-0.4, -0.2) is 23.1 Å². The van der Waals surface area contributed by atoms with Gasteiger partial charge in [-0.05, 0) is 12.1 Å². The van der Waals surface area contributed by atoms with E-state index in [-0.39, 0.29) is 17.5 Å². The van der Waals surface area contributed by atoms with Crippen LogP contribution in [0.3, 0.4) is 0 Å². The number of aliphatic hydroxyl groups excluding tert-OH is 1. The van der Waals surface area contributed by atoms with Crippen LogP contribution in [0.1, 0.15) is 24.2 Å². The van der Waals surface area contributed by atoms with E-state index in [1.54, 1.807) is 18.2 Å². The molecule has 1 rings (SSSR count). The molecule has 0 aliphatic heterocycles. The van der Waals surface area contributed by atoms with Crippen molar-refractivity contribution in [3.8, 4) is 5.75 Å². The minimum Gasteiger partial charge on any atom is -0.507 e. The minimum absolute atomic E-state index is 0.0203. The highest BCUT2D eigenvalue weighted by Gasteiger charge is 2.13. The molecule has 3 heteroatoms. The van der Waals surface area contributed by atoms with Gasteiger partial charge in [0.25, 0.3) is 0 Å². The molecule has 0 heterocycles. The van der Waals surface area contributed by atoms with Crippen molar-refractivity contribution in [2.45, 2.75) is 13.8 Å². The molecule has 0 spiro atoms. The zero-order valence-electron chi connectivity index (χ0n) is 8.69. The summed E-state index contributed by atoms with van der Waals surface area (Å²) in [5, 5.41) is 16.3. The SMILES string of the molecule is CC(C)C(=O)c1ccccc1O.CO. The lowest BCUT2D eigenvalue weighted by Gasteiger charge is -2.04. The van der Waals surface area contributed by atoms with E-state index in [9.17, 15) is 9.90 Å². The van der Waals surface area contributed by atoms with Gasteiger partial charge in [-0.3, -0.25) is 4.79 Å². The number of benzene rings is 1. The fraction of sp³-hybridized carbons (Fsp3) is 0.364. The molecular weight excluding hydrogens is 180 g/mol. The molecule has 0 radical (unpaired) electrons. The van der Waals surface area contributed by atoms with Crippen LogP contribution in [0.2, 0.25) is 0 Å². The minimum atomic E-state index is -0.0710. The van der Waals surface area contributed by atoms with Gasteiger partial charge in [-0.2, -0.15) is 0 Å². The van der Waals surface area contributed by atoms with E-state index in [2.05, 4.69) is 0 Å². The van der Waals surface area contributed by atoms with Crippen molar-refractivity contribution in [2.75, 3.05) is 7.11 Å². The number of ketones is 1. The molecule has 0 bridgehead atoms. The van der Waals surface area contributed by atoms with Crippen molar-refractivity contribution in [3.63, 3.8) is 0 Å². The molecule has 14 heavy (non-hydrogen) atoms. The molecule has 0 fully saturated rings. The highest BCUT2D eigenvalue weighted by Crippen LogP contribution is 2.18. The maximum atomic E-state index is 11.4. The van der Waals surface area contributed by atoms with Crippen molar-refractivity contribution < 1.29 is 15.0 Å². The van der Waals surface area contributed by atoms with Crippen molar-refractivity contribution in [2.24, 2.45) is 5.92 Å². The lowest BCUT2D eigenvalue weighted by molar-refractivity contribution is 0.0936. The number of phenols is 1. The summed E-state index contributed by atoms with van der Waals surface area (Å²) < 4.78 is 0. The van der Waals surface area contributed by atoms with E-state index in [4.69, 9.17) is 5.11 Å². The number of carbonyl (C=O) groups is 1. The Morgan fingerprint density at radius 3 is 2.14 bits per heavy atom. The largest absolute Gasteiger partial charge is 0.507 e. The number of hydrogen-bond donors (Lipinski definition) is 2. The summed E-state index contributed by atoms with van der Waals surface area (Å²) >= 11 is 0. The zero-order valence-corrected chi connectivity index (χ0v) is 8.69. The van der Waals surface area contributed by atoms with Gasteiger partial charge in [-0.1, -0.05) is 26.0 Å². The molecule has 78 valence electrons.